The molecule has 0 aliphatic heterocycles. The van der Waals surface area contributed by atoms with Gasteiger partial charge in [-0.1, -0.05) is 90.4 Å². The molecule has 0 unspecified atom stereocenters. The minimum Gasteiger partial charge on any atom is -1.00 e. The van der Waals surface area contributed by atoms with Gasteiger partial charge >= 0.3 is 25.0 Å². The summed E-state index contributed by atoms with van der Waals surface area (Å²) in [5.74, 6) is 0. The van der Waals surface area contributed by atoms with Gasteiger partial charge in [0.1, 0.15) is 0 Å². The monoisotopic (exact) mass is 294 g/mol. The molecule has 1 N–H and O–H groups in total. The normalized spacial score (nSPS) is 10.1. The zero-order valence-corrected chi connectivity index (χ0v) is 14.4. The third-order valence-corrected chi connectivity index (χ3v) is 3.72. The molecular weight excluding hydrogens is 259 g/mol. The van der Waals surface area contributed by atoms with Crippen molar-refractivity contribution in [1.29, 1.82) is 0 Å². The van der Waals surface area contributed by atoms with Crippen molar-refractivity contribution in [3.8, 4) is 0 Å². The van der Waals surface area contributed by atoms with Gasteiger partial charge in [-0.2, -0.15) is 0 Å². The molecule has 0 spiro atoms. The van der Waals surface area contributed by atoms with Crippen LogP contribution in [0, 0.1) is 0 Å². The van der Waals surface area contributed by atoms with Crippen molar-refractivity contribution >= 4 is 6.16 Å². The fourth-order valence-electron chi connectivity index (χ4n) is 2.46. The van der Waals surface area contributed by atoms with Gasteiger partial charge < -0.3 is 11.3 Å². The number of ether oxygens (including phenoxy) is 1. The zero-order valence-electron chi connectivity index (χ0n) is 15.4. The van der Waals surface area contributed by atoms with Crippen molar-refractivity contribution < 1.29 is 34.9 Å². The molecule has 4 heteroatoms. The molecule has 0 atom stereocenters. The number of unbranched alkanes of at least 4 members (excludes halogenated alkanes) is 13. The van der Waals surface area contributed by atoms with E-state index in [9.17, 15) is 4.79 Å². The number of rotatable bonds is 15. The Bertz CT molecular complexity index is 216. The van der Waals surface area contributed by atoms with E-state index in [4.69, 9.17) is 5.11 Å². The molecule has 0 saturated carbocycles. The molecule has 21 heavy (non-hydrogen) atoms. The second-order valence-electron chi connectivity index (χ2n) is 5.71. The van der Waals surface area contributed by atoms with E-state index in [1.165, 1.54) is 77.0 Å². The van der Waals surface area contributed by atoms with E-state index >= 15 is 0 Å². The van der Waals surface area contributed by atoms with Gasteiger partial charge in [0.05, 0.1) is 6.61 Å². The first kappa shape index (κ1) is 23.1. The fraction of sp³-hybridized carbons (Fsp3) is 0.941. The Morgan fingerprint density at radius 1 is 0.762 bits per heavy atom. The average molecular weight is 294 g/mol. The van der Waals surface area contributed by atoms with Crippen LogP contribution in [0.3, 0.4) is 0 Å². The summed E-state index contributed by atoms with van der Waals surface area (Å²) in [4.78, 5) is 10.1. The maximum absolute atomic E-state index is 10.1. The smallest absolute Gasteiger partial charge is 1.00 e. The van der Waals surface area contributed by atoms with Crippen LogP contribution >= 0.6 is 0 Å². The molecule has 0 aliphatic carbocycles. The SMILES string of the molecule is CCCCCCCCCCCCCCCCOC(=O)O.[H-].[Li+]. The molecule has 0 radical (unpaired) electrons. The molecule has 0 saturated heterocycles. The Labute approximate surface area is 144 Å². The summed E-state index contributed by atoms with van der Waals surface area (Å²) in [6.45, 7) is 2.62. The molecule has 0 bridgehead atoms. The van der Waals surface area contributed by atoms with Crippen molar-refractivity contribution in [3.63, 3.8) is 0 Å². The van der Waals surface area contributed by atoms with Crippen molar-refractivity contribution in [1.82, 2.24) is 0 Å². The zero-order chi connectivity index (χ0) is 14.9. The summed E-state index contributed by atoms with van der Waals surface area (Å²) in [6, 6.07) is 0. The molecule has 0 aromatic heterocycles. The number of hydrogen-bond donors (Lipinski definition) is 1. The number of hydrogen-bond acceptors (Lipinski definition) is 2. The summed E-state index contributed by atoms with van der Waals surface area (Å²) in [6.07, 6.45) is 17.2. The Kier molecular flexibility index (Phi) is 21.9. The Morgan fingerprint density at radius 2 is 1.10 bits per heavy atom. The van der Waals surface area contributed by atoms with Crippen LogP contribution in [0.2, 0.25) is 0 Å². The minimum absolute atomic E-state index is 0. The summed E-state index contributed by atoms with van der Waals surface area (Å²) >= 11 is 0. The summed E-state index contributed by atoms with van der Waals surface area (Å²) in [5.41, 5.74) is 0. The Hall–Kier alpha value is -0.133. The second-order valence-corrected chi connectivity index (χ2v) is 5.71. The van der Waals surface area contributed by atoms with Gasteiger partial charge in [-0.15, -0.1) is 0 Å². The van der Waals surface area contributed by atoms with Crippen LogP contribution in [0.5, 0.6) is 0 Å². The number of carboxylic acid groups (broad SMARTS) is 1. The molecule has 0 aliphatic rings. The van der Waals surface area contributed by atoms with Crippen LogP contribution in [-0.2, 0) is 4.74 Å². The third-order valence-electron chi connectivity index (χ3n) is 3.72. The van der Waals surface area contributed by atoms with Crippen LogP contribution in [0.4, 0.5) is 4.79 Å². The van der Waals surface area contributed by atoms with Gasteiger partial charge in [0.2, 0.25) is 0 Å². The Morgan fingerprint density at radius 3 is 1.43 bits per heavy atom. The van der Waals surface area contributed by atoms with Crippen LogP contribution in [0.15, 0.2) is 0 Å². The maximum atomic E-state index is 10.1. The van der Waals surface area contributed by atoms with E-state index in [1.807, 2.05) is 0 Å². The molecule has 0 fully saturated rings. The molecule has 0 amide bonds. The summed E-state index contributed by atoms with van der Waals surface area (Å²) in [7, 11) is 0. The quantitative estimate of drug-likeness (QED) is 0.286. The fourth-order valence-corrected chi connectivity index (χ4v) is 2.46. The van der Waals surface area contributed by atoms with E-state index in [2.05, 4.69) is 11.7 Å². The Balaban J connectivity index is -0.00000180. The molecule has 3 nitrogen and oxygen atoms in total. The standard InChI is InChI=1S/C17H34O3.Li.H/c1-2-3-4-5-6-7-8-9-10-11-12-13-14-15-16-20-17(18)19;;/h2-16H2,1H3,(H,18,19);;/q;+1;-1. The first-order valence-electron chi connectivity index (χ1n) is 8.63. The summed E-state index contributed by atoms with van der Waals surface area (Å²) in [5, 5.41) is 8.30. The predicted octanol–water partition coefficient (Wildman–Crippen LogP) is 3.28. The predicted molar refractivity (Wildman–Crippen MR) is 85.4 cm³/mol. The second kappa shape index (κ2) is 19.9. The van der Waals surface area contributed by atoms with Crippen LogP contribution < -0.4 is 18.9 Å². The van der Waals surface area contributed by atoms with Crippen LogP contribution in [0.1, 0.15) is 98.2 Å². The van der Waals surface area contributed by atoms with Crippen molar-refractivity contribution in [3.05, 3.63) is 0 Å². The van der Waals surface area contributed by atoms with Gasteiger partial charge in [-0.25, -0.2) is 4.79 Å². The van der Waals surface area contributed by atoms with E-state index < -0.39 is 6.16 Å². The first-order valence-corrected chi connectivity index (χ1v) is 8.63. The van der Waals surface area contributed by atoms with Crippen LogP contribution in [0.25, 0.3) is 0 Å². The molecule has 0 rings (SSSR count). The van der Waals surface area contributed by atoms with Crippen molar-refractivity contribution in [2.75, 3.05) is 6.61 Å². The van der Waals surface area contributed by atoms with Gasteiger partial charge in [0.25, 0.3) is 0 Å². The molecule has 0 heterocycles. The van der Waals surface area contributed by atoms with Gasteiger partial charge in [0, 0.05) is 0 Å². The third kappa shape index (κ3) is 22.3. The first-order chi connectivity index (χ1) is 9.77. The van der Waals surface area contributed by atoms with Gasteiger partial charge in [-0.05, 0) is 6.42 Å². The molecule has 122 valence electrons. The molecular formula is C17H35LiO3. The van der Waals surface area contributed by atoms with Gasteiger partial charge in [0.15, 0.2) is 0 Å². The van der Waals surface area contributed by atoms with Crippen molar-refractivity contribution in [2.24, 2.45) is 0 Å². The molecule has 0 aromatic carbocycles. The number of carbonyl (C=O) groups is 1. The largest absolute Gasteiger partial charge is 1.00 e. The topological polar surface area (TPSA) is 46.5 Å². The average Bonchev–Trinajstić information content (AvgIpc) is 2.43. The van der Waals surface area contributed by atoms with Gasteiger partial charge in [-0.3, -0.25) is 0 Å². The maximum Gasteiger partial charge on any atom is 1.00 e. The van der Waals surface area contributed by atoms with Crippen LogP contribution in [-0.4, -0.2) is 17.9 Å². The molecule has 0 aromatic rings. The minimum atomic E-state index is -1.15. The van der Waals surface area contributed by atoms with E-state index in [0.717, 1.165) is 12.8 Å². The van der Waals surface area contributed by atoms with E-state index in [-0.39, 0.29) is 20.3 Å². The van der Waals surface area contributed by atoms with E-state index in [0.29, 0.717) is 6.61 Å². The van der Waals surface area contributed by atoms with Crippen molar-refractivity contribution in [2.45, 2.75) is 96.8 Å². The summed E-state index contributed by atoms with van der Waals surface area (Å²) < 4.78 is 4.47. The van der Waals surface area contributed by atoms with E-state index in [1.54, 1.807) is 0 Å².